The fourth-order valence-corrected chi connectivity index (χ4v) is 6.25. The first kappa shape index (κ1) is 23.9. The lowest BCUT2D eigenvalue weighted by Crippen LogP contribution is -2.25. The molecule has 2 aliphatic carbocycles. The number of aryl methyl sites for hydroxylation is 1. The van der Waals surface area contributed by atoms with Gasteiger partial charge < -0.3 is 0 Å². The van der Waals surface area contributed by atoms with Crippen LogP contribution in [0.15, 0.2) is 61.2 Å². The second-order valence-corrected chi connectivity index (χ2v) is 10.6. The minimum atomic E-state index is 0.748. The predicted molar refractivity (Wildman–Crippen MR) is 142 cm³/mol. The fraction of sp³-hybridized carbons (Fsp3) is 0.515. The summed E-state index contributed by atoms with van der Waals surface area (Å²) in [6.07, 6.45) is 18.5. The highest BCUT2D eigenvalue weighted by atomic mass is 14.4. The number of hydrogen-bond acceptors (Lipinski definition) is 0. The molecule has 0 nitrogen and oxygen atoms in total. The molecule has 2 aliphatic rings. The molecule has 0 aromatic heterocycles. The van der Waals surface area contributed by atoms with Crippen LogP contribution in [0.1, 0.15) is 106 Å². The van der Waals surface area contributed by atoms with Gasteiger partial charge in [0.25, 0.3) is 0 Å². The van der Waals surface area contributed by atoms with Crippen LogP contribution in [0, 0.1) is 29.6 Å². The normalized spacial score (nSPS) is 25.1. The van der Waals surface area contributed by atoms with Gasteiger partial charge in [-0.15, -0.1) is 6.58 Å². The van der Waals surface area contributed by atoms with Gasteiger partial charge in [0.15, 0.2) is 0 Å². The van der Waals surface area contributed by atoms with Crippen molar-refractivity contribution in [1.82, 2.24) is 0 Å². The van der Waals surface area contributed by atoms with Crippen molar-refractivity contribution in [2.75, 3.05) is 0 Å². The van der Waals surface area contributed by atoms with Crippen molar-refractivity contribution in [1.29, 1.82) is 0 Å². The average Bonchev–Trinajstić information content (AvgIpc) is 2.88. The van der Waals surface area contributed by atoms with Gasteiger partial charge in [-0.2, -0.15) is 0 Å². The highest BCUT2D eigenvalue weighted by Gasteiger charge is 2.31. The first-order chi connectivity index (χ1) is 16.2. The van der Waals surface area contributed by atoms with E-state index < -0.39 is 0 Å². The number of benzene rings is 2. The Bertz CT molecular complexity index is 905. The second-order valence-electron chi connectivity index (χ2n) is 10.6. The maximum Gasteiger partial charge on any atom is 0.0249 e. The lowest BCUT2D eigenvalue weighted by molar-refractivity contribution is 0.157. The summed E-state index contributed by atoms with van der Waals surface area (Å²) in [5, 5.41) is 0. The zero-order valence-corrected chi connectivity index (χ0v) is 20.7. The average molecular weight is 439 g/mol. The van der Waals surface area contributed by atoms with E-state index in [4.69, 9.17) is 0 Å². The number of allylic oxidation sites excluding steroid dienone is 1. The van der Waals surface area contributed by atoms with Crippen LogP contribution in [-0.2, 0) is 6.42 Å². The van der Waals surface area contributed by atoms with Crippen LogP contribution in [0.25, 0.3) is 0 Å². The van der Waals surface area contributed by atoms with Crippen LogP contribution >= 0.6 is 0 Å². The highest BCUT2D eigenvalue weighted by molar-refractivity contribution is 5.44. The van der Waals surface area contributed by atoms with Gasteiger partial charge in [-0.05, 0) is 117 Å². The van der Waals surface area contributed by atoms with Crippen LogP contribution < -0.4 is 0 Å². The van der Waals surface area contributed by atoms with Gasteiger partial charge in [0.1, 0.15) is 0 Å². The van der Waals surface area contributed by atoms with Crippen molar-refractivity contribution >= 4 is 0 Å². The summed E-state index contributed by atoms with van der Waals surface area (Å²) in [5.41, 5.74) is 5.15. The lowest BCUT2D eigenvalue weighted by Gasteiger charge is -2.38. The molecule has 0 aliphatic heterocycles. The molecule has 0 unspecified atom stereocenters. The Balaban J connectivity index is 1.25. The Hall–Kier alpha value is -2.26. The van der Waals surface area contributed by atoms with Gasteiger partial charge in [0.05, 0.1) is 0 Å². The van der Waals surface area contributed by atoms with E-state index in [1.807, 2.05) is 0 Å². The third kappa shape index (κ3) is 6.86. The van der Waals surface area contributed by atoms with Gasteiger partial charge in [0, 0.05) is 11.1 Å². The molecule has 0 amide bonds. The lowest BCUT2D eigenvalue weighted by atomic mass is 9.68. The molecule has 2 aromatic carbocycles. The first-order valence-electron chi connectivity index (χ1n) is 13.6. The molecule has 0 atom stereocenters. The van der Waals surface area contributed by atoms with Crippen molar-refractivity contribution in [3.05, 3.63) is 83.4 Å². The molecule has 0 heteroatoms. The first-order valence-corrected chi connectivity index (χ1v) is 13.6. The summed E-state index contributed by atoms with van der Waals surface area (Å²) in [5.74, 6) is 10.4. The molecule has 2 fully saturated rings. The van der Waals surface area contributed by atoms with Gasteiger partial charge in [-0.3, -0.25) is 0 Å². The molecule has 0 radical (unpaired) electrons. The van der Waals surface area contributed by atoms with E-state index in [-0.39, 0.29) is 0 Å². The SMILES string of the molecule is C=CCC[C@H]1CC[C@H]([C@H]2CC[C@H](c3ccc(C#Cc4ccc(CCC)cc4)cc3)CC2)CC1. The van der Waals surface area contributed by atoms with E-state index >= 15 is 0 Å². The second kappa shape index (κ2) is 12.3. The van der Waals surface area contributed by atoms with Crippen LogP contribution in [0.2, 0.25) is 0 Å². The van der Waals surface area contributed by atoms with Crippen molar-refractivity contribution in [3.8, 4) is 11.8 Å². The van der Waals surface area contributed by atoms with Crippen molar-refractivity contribution in [2.45, 2.75) is 89.9 Å². The van der Waals surface area contributed by atoms with Crippen molar-refractivity contribution in [2.24, 2.45) is 17.8 Å². The Morgan fingerprint density at radius 1 is 0.758 bits per heavy atom. The molecule has 0 bridgehead atoms. The van der Waals surface area contributed by atoms with Gasteiger partial charge in [0.2, 0.25) is 0 Å². The van der Waals surface area contributed by atoms with Crippen LogP contribution in [0.3, 0.4) is 0 Å². The largest absolute Gasteiger partial charge is 0.103 e. The summed E-state index contributed by atoms with van der Waals surface area (Å²) >= 11 is 0. The summed E-state index contributed by atoms with van der Waals surface area (Å²) in [7, 11) is 0. The fourth-order valence-electron chi connectivity index (χ4n) is 6.25. The topological polar surface area (TPSA) is 0 Å². The van der Waals surface area contributed by atoms with Crippen molar-refractivity contribution < 1.29 is 0 Å². The summed E-state index contributed by atoms with van der Waals surface area (Å²) in [4.78, 5) is 0. The standard InChI is InChI=1S/C33H42/c1-3-5-7-27-14-18-30(19-15-27)32-22-24-33(25-23-32)31-20-16-29(17-21-31)13-12-28-10-8-26(6-4-2)9-11-28/h3,8-11,16-17,20-21,27,30,32-33H,1,4-7,14-15,18-19,22-25H2,2H3/t27-,30-,32-,33-. The zero-order chi connectivity index (χ0) is 22.9. The van der Waals surface area contributed by atoms with Gasteiger partial charge in [-0.25, -0.2) is 0 Å². The smallest absolute Gasteiger partial charge is 0.0249 e. The number of hydrogen-bond donors (Lipinski definition) is 0. The van der Waals surface area contributed by atoms with Crippen molar-refractivity contribution in [3.63, 3.8) is 0 Å². The minimum absolute atomic E-state index is 0.748. The molecular formula is C33H42. The van der Waals surface area contributed by atoms with Crippen LogP contribution in [0.4, 0.5) is 0 Å². The third-order valence-electron chi connectivity index (χ3n) is 8.33. The molecule has 4 rings (SSSR count). The van der Waals surface area contributed by atoms with Gasteiger partial charge in [-0.1, -0.05) is 68.4 Å². The third-order valence-corrected chi connectivity index (χ3v) is 8.33. The molecule has 0 heterocycles. The quantitative estimate of drug-likeness (QED) is 0.299. The molecule has 2 aromatic rings. The highest BCUT2D eigenvalue weighted by Crippen LogP contribution is 2.44. The van der Waals surface area contributed by atoms with Crippen LogP contribution in [-0.4, -0.2) is 0 Å². The van der Waals surface area contributed by atoms with Gasteiger partial charge >= 0.3 is 0 Å². The molecule has 2 saturated carbocycles. The summed E-state index contributed by atoms with van der Waals surface area (Å²) in [6, 6.07) is 17.9. The predicted octanol–water partition coefficient (Wildman–Crippen LogP) is 9.09. The molecular weight excluding hydrogens is 396 g/mol. The molecule has 33 heavy (non-hydrogen) atoms. The van der Waals surface area contributed by atoms with E-state index in [0.29, 0.717) is 0 Å². The summed E-state index contributed by atoms with van der Waals surface area (Å²) in [6.45, 7) is 6.12. The maximum atomic E-state index is 3.89. The van der Waals surface area contributed by atoms with E-state index in [9.17, 15) is 0 Å². The molecule has 0 saturated heterocycles. The Kier molecular flexibility index (Phi) is 8.88. The Morgan fingerprint density at radius 2 is 1.30 bits per heavy atom. The number of rotatable bonds is 7. The maximum absolute atomic E-state index is 3.89. The minimum Gasteiger partial charge on any atom is -0.103 e. The monoisotopic (exact) mass is 438 g/mol. The van der Waals surface area contributed by atoms with E-state index in [1.165, 1.54) is 81.8 Å². The molecule has 0 spiro atoms. The summed E-state index contributed by atoms with van der Waals surface area (Å²) < 4.78 is 0. The van der Waals surface area contributed by atoms with E-state index in [1.54, 1.807) is 0 Å². The Labute approximate surface area is 202 Å². The van der Waals surface area contributed by atoms with E-state index in [0.717, 1.165) is 41.2 Å². The Morgan fingerprint density at radius 3 is 1.85 bits per heavy atom. The molecule has 0 N–H and O–H groups in total. The van der Waals surface area contributed by atoms with Crippen LogP contribution in [0.5, 0.6) is 0 Å². The molecule has 174 valence electrons. The van der Waals surface area contributed by atoms with E-state index in [2.05, 4.69) is 80.0 Å². The zero-order valence-electron chi connectivity index (χ0n) is 20.7.